The van der Waals surface area contributed by atoms with Crippen molar-refractivity contribution in [3.63, 3.8) is 0 Å². The van der Waals surface area contributed by atoms with Crippen LogP contribution in [0.4, 0.5) is 0 Å². The summed E-state index contributed by atoms with van der Waals surface area (Å²) < 4.78 is 2.11. The highest BCUT2D eigenvalue weighted by atomic mass is 127. The molecule has 7 heteroatoms. The molecule has 1 saturated carbocycles. The second-order valence-electron chi connectivity index (χ2n) is 5.77. The van der Waals surface area contributed by atoms with Crippen LogP contribution in [-0.4, -0.2) is 48.0 Å². The molecule has 2 rings (SSSR count). The molecule has 1 heterocycles. The molecule has 23 heavy (non-hydrogen) atoms. The maximum atomic E-state index is 11.6. The zero-order chi connectivity index (χ0) is 15.9. The van der Waals surface area contributed by atoms with E-state index in [-0.39, 0.29) is 35.8 Å². The third-order valence-electron chi connectivity index (χ3n) is 3.77. The third-order valence-corrected chi connectivity index (χ3v) is 3.77. The van der Waals surface area contributed by atoms with E-state index < -0.39 is 0 Å². The Morgan fingerprint density at radius 3 is 2.74 bits per heavy atom. The van der Waals surface area contributed by atoms with E-state index in [2.05, 4.69) is 38.1 Å². The molecule has 1 fully saturated rings. The van der Waals surface area contributed by atoms with Gasteiger partial charge in [0.15, 0.2) is 5.96 Å². The fourth-order valence-corrected chi connectivity index (χ4v) is 2.28. The predicted octanol–water partition coefficient (Wildman–Crippen LogP) is 1.57. The predicted molar refractivity (Wildman–Crippen MR) is 104 cm³/mol. The first-order valence-electron chi connectivity index (χ1n) is 7.99. The fraction of sp³-hybridized carbons (Fsp3) is 0.625. The van der Waals surface area contributed by atoms with Gasteiger partial charge in [-0.15, -0.1) is 24.0 Å². The first-order chi connectivity index (χ1) is 10.6. The third kappa shape index (κ3) is 6.40. The molecule has 1 amide bonds. The van der Waals surface area contributed by atoms with Gasteiger partial charge in [0.25, 0.3) is 0 Å². The highest BCUT2D eigenvalue weighted by molar-refractivity contribution is 14.0. The minimum atomic E-state index is 0. The number of hydrogen-bond donors (Lipinski definition) is 2. The minimum absolute atomic E-state index is 0. The molecule has 0 aromatic carbocycles. The number of nitrogens with zero attached hydrogens (tertiary/aromatic N) is 3. The van der Waals surface area contributed by atoms with Crippen LogP contribution in [0.25, 0.3) is 0 Å². The molecule has 1 aromatic heterocycles. The number of hydrogen-bond acceptors (Lipinski definition) is 2. The van der Waals surface area contributed by atoms with Gasteiger partial charge in [0.2, 0.25) is 5.91 Å². The summed E-state index contributed by atoms with van der Waals surface area (Å²) >= 11 is 0. The van der Waals surface area contributed by atoms with Gasteiger partial charge in [-0.05, 0) is 31.9 Å². The van der Waals surface area contributed by atoms with Crippen molar-refractivity contribution in [3.8, 4) is 0 Å². The highest BCUT2D eigenvalue weighted by Gasteiger charge is 2.28. The molecule has 0 aliphatic heterocycles. The van der Waals surface area contributed by atoms with E-state index in [1.54, 1.807) is 0 Å². The van der Waals surface area contributed by atoms with Crippen LogP contribution in [0.15, 0.2) is 23.3 Å². The zero-order valence-electron chi connectivity index (χ0n) is 14.2. The molecule has 1 aliphatic rings. The van der Waals surface area contributed by atoms with Crippen molar-refractivity contribution in [1.82, 2.24) is 20.1 Å². The van der Waals surface area contributed by atoms with Gasteiger partial charge in [-0.1, -0.05) is 0 Å². The Labute approximate surface area is 155 Å². The normalized spacial score (nSPS) is 14.1. The van der Waals surface area contributed by atoms with E-state index in [4.69, 9.17) is 0 Å². The molecule has 1 aromatic rings. The standard InChI is InChI=1S/C16H27N5O.HI/c1-4-17-16(19-10-9-18-15(22)13-7-8-13)21(3)12-14-6-5-11-20(14)2;/h5-6,11,13H,4,7-10,12H2,1-3H3,(H,17,19)(H,18,22);1H. The second-order valence-corrected chi connectivity index (χ2v) is 5.77. The molecular weight excluding hydrogens is 405 g/mol. The molecule has 0 saturated heterocycles. The van der Waals surface area contributed by atoms with Gasteiger partial charge in [0.05, 0.1) is 13.1 Å². The van der Waals surface area contributed by atoms with Crippen molar-refractivity contribution in [2.24, 2.45) is 18.0 Å². The van der Waals surface area contributed by atoms with Crippen LogP contribution in [0.5, 0.6) is 0 Å². The first-order valence-corrected chi connectivity index (χ1v) is 7.99. The molecule has 6 nitrogen and oxygen atoms in total. The average molecular weight is 433 g/mol. The van der Waals surface area contributed by atoms with Crippen LogP contribution < -0.4 is 10.6 Å². The van der Waals surface area contributed by atoms with Crippen molar-refractivity contribution in [1.29, 1.82) is 0 Å². The maximum Gasteiger partial charge on any atom is 0.223 e. The number of carbonyl (C=O) groups excluding carboxylic acids is 1. The number of halogens is 1. The van der Waals surface area contributed by atoms with E-state index in [1.807, 2.05) is 26.4 Å². The number of carbonyl (C=O) groups is 1. The molecule has 0 atom stereocenters. The van der Waals surface area contributed by atoms with Crippen molar-refractivity contribution >= 4 is 35.8 Å². The lowest BCUT2D eigenvalue weighted by atomic mass is 10.4. The summed E-state index contributed by atoms with van der Waals surface area (Å²) in [5.41, 5.74) is 1.23. The monoisotopic (exact) mass is 433 g/mol. The molecule has 1 aliphatic carbocycles. The smallest absolute Gasteiger partial charge is 0.223 e. The number of aryl methyl sites for hydroxylation is 1. The number of amides is 1. The van der Waals surface area contributed by atoms with Crippen molar-refractivity contribution < 1.29 is 4.79 Å². The number of rotatable bonds is 7. The van der Waals surface area contributed by atoms with Gasteiger partial charge in [-0.3, -0.25) is 9.79 Å². The Morgan fingerprint density at radius 2 is 2.17 bits per heavy atom. The van der Waals surface area contributed by atoms with Crippen LogP contribution in [0, 0.1) is 5.92 Å². The number of nitrogens with one attached hydrogen (secondary N) is 2. The van der Waals surface area contributed by atoms with Gasteiger partial charge in [0, 0.05) is 45.0 Å². The second kappa shape index (κ2) is 9.79. The van der Waals surface area contributed by atoms with Gasteiger partial charge >= 0.3 is 0 Å². The highest BCUT2D eigenvalue weighted by Crippen LogP contribution is 2.28. The molecule has 0 radical (unpaired) electrons. The lowest BCUT2D eigenvalue weighted by Gasteiger charge is -2.22. The van der Waals surface area contributed by atoms with Gasteiger partial charge < -0.3 is 20.1 Å². The van der Waals surface area contributed by atoms with E-state index in [0.29, 0.717) is 13.1 Å². The molecule has 2 N–H and O–H groups in total. The first kappa shape index (κ1) is 19.8. The Hall–Kier alpha value is -1.25. The van der Waals surface area contributed by atoms with E-state index in [1.165, 1.54) is 5.69 Å². The number of guanidine groups is 1. The van der Waals surface area contributed by atoms with Gasteiger partial charge in [-0.25, -0.2) is 0 Å². The maximum absolute atomic E-state index is 11.6. The zero-order valence-corrected chi connectivity index (χ0v) is 16.5. The SMILES string of the molecule is CCNC(=NCCNC(=O)C1CC1)N(C)Cc1cccn1C.I. The Balaban J connectivity index is 0.00000264. The van der Waals surface area contributed by atoms with Crippen LogP contribution in [-0.2, 0) is 18.4 Å². The molecule has 0 bridgehead atoms. The summed E-state index contributed by atoms with van der Waals surface area (Å²) in [5, 5.41) is 6.23. The summed E-state index contributed by atoms with van der Waals surface area (Å²) in [5.74, 6) is 1.30. The van der Waals surface area contributed by atoms with Gasteiger partial charge in [-0.2, -0.15) is 0 Å². The minimum Gasteiger partial charge on any atom is -0.357 e. The largest absolute Gasteiger partial charge is 0.357 e. The summed E-state index contributed by atoms with van der Waals surface area (Å²) in [6.45, 7) is 4.87. The molecule has 0 unspecified atom stereocenters. The Morgan fingerprint density at radius 1 is 1.43 bits per heavy atom. The van der Waals surface area contributed by atoms with Gasteiger partial charge in [0.1, 0.15) is 0 Å². The number of aromatic nitrogens is 1. The molecule has 0 spiro atoms. The lowest BCUT2D eigenvalue weighted by molar-refractivity contribution is -0.122. The van der Waals surface area contributed by atoms with E-state index >= 15 is 0 Å². The van der Waals surface area contributed by atoms with Crippen molar-refractivity contribution in [3.05, 3.63) is 24.0 Å². The van der Waals surface area contributed by atoms with Crippen LogP contribution >= 0.6 is 24.0 Å². The van der Waals surface area contributed by atoms with Crippen LogP contribution in [0.2, 0.25) is 0 Å². The Bertz CT molecular complexity index is 524. The molecular formula is C16H28IN5O. The number of aliphatic imine (C=N–C) groups is 1. The van der Waals surface area contributed by atoms with Crippen LogP contribution in [0.3, 0.4) is 0 Å². The average Bonchev–Trinajstić information content (AvgIpc) is 3.27. The lowest BCUT2D eigenvalue weighted by Crippen LogP contribution is -2.39. The van der Waals surface area contributed by atoms with E-state index in [0.717, 1.165) is 31.9 Å². The van der Waals surface area contributed by atoms with Crippen LogP contribution in [0.1, 0.15) is 25.5 Å². The Kier molecular flexibility index (Phi) is 8.43. The topological polar surface area (TPSA) is 61.7 Å². The van der Waals surface area contributed by atoms with Crippen molar-refractivity contribution in [2.45, 2.75) is 26.3 Å². The summed E-state index contributed by atoms with van der Waals surface area (Å²) in [6, 6.07) is 4.15. The molecule has 130 valence electrons. The van der Waals surface area contributed by atoms with Crippen molar-refractivity contribution in [2.75, 3.05) is 26.7 Å². The quantitative estimate of drug-likeness (QED) is 0.297. The fourth-order valence-electron chi connectivity index (χ4n) is 2.28. The van der Waals surface area contributed by atoms with E-state index in [9.17, 15) is 4.79 Å². The summed E-state index contributed by atoms with van der Waals surface area (Å²) in [4.78, 5) is 18.3. The summed E-state index contributed by atoms with van der Waals surface area (Å²) in [6.07, 6.45) is 4.12. The summed E-state index contributed by atoms with van der Waals surface area (Å²) in [7, 11) is 4.07.